The molecule has 4 aromatic rings. The molecule has 5 atom stereocenters. The number of amides is 1. The Morgan fingerprint density at radius 3 is 2.86 bits per heavy atom. The number of rotatable bonds is 6. The Balaban J connectivity index is 1.19. The second-order valence-corrected chi connectivity index (χ2v) is 10.3. The van der Waals surface area contributed by atoms with Crippen LogP contribution in [0.15, 0.2) is 45.8 Å². The van der Waals surface area contributed by atoms with Crippen molar-refractivity contribution in [2.75, 3.05) is 5.32 Å². The second kappa shape index (κ2) is 7.67. The molecular formula is C25H26N6O4. The molecule has 8 rings (SSSR count). The number of fused-ring (bicyclic) bond motifs is 1. The van der Waals surface area contributed by atoms with Gasteiger partial charge in [0.25, 0.3) is 17.6 Å². The first-order valence-electron chi connectivity index (χ1n) is 12.1. The van der Waals surface area contributed by atoms with Crippen molar-refractivity contribution in [3.63, 3.8) is 0 Å². The highest BCUT2D eigenvalue weighted by molar-refractivity contribution is 5.97. The van der Waals surface area contributed by atoms with Gasteiger partial charge in [0.05, 0.1) is 29.7 Å². The van der Waals surface area contributed by atoms with Gasteiger partial charge in [0.15, 0.2) is 0 Å². The zero-order valence-electron chi connectivity index (χ0n) is 19.0. The van der Waals surface area contributed by atoms with Crippen LogP contribution in [0.1, 0.15) is 48.5 Å². The lowest BCUT2D eigenvalue weighted by Gasteiger charge is -2.58. The van der Waals surface area contributed by atoms with Crippen LogP contribution in [0, 0.1) is 17.8 Å². The molecule has 3 unspecified atom stereocenters. The molecule has 0 saturated heterocycles. The average Bonchev–Trinajstić information content (AvgIpc) is 3.60. The minimum absolute atomic E-state index is 0.0523. The summed E-state index contributed by atoms with van der Waals surface area (Å²) in [4.78, 5) is 24.6. The van der Waals surface area contributed by atoms with Crippen LogP contribution in [-0.4, -0.2) is 42.8 Å². The molecule has 0 aliphatic heterocycles. The number of carbonyl (C=O) groups is 1. The van der Waals surface area contributed by atoms with E-state index in [0.29, 0.717) is 29.1 Å². The highest BCUT2D eigenvalue weighted by Gasteiger charge is 2.54. The molecule has 4 N–H and O–H groups in total. The second-order valence-electron chi connectivity index (χ2n) is 10.3. The van der Waals surface area contributed by atoms with E-state index in [2.05, 4.69) is 30.7 Å². The van der Waals surface area contributed by atoms with Gasteiger partial charge in [-0.1, -0.05) is 5.16 Å². The van der Waals surface area contributed by atoms with Crippen molar-refractivity contribution in [2.45, 2.75) is 50.3 Å². The van der Waals surface area contributed by atoms with E-state index < -0.39 is 11.5 Å². The number of hydrogen-bond acceptors (Lipinski definition) is 8. The molecule has 4 bridgehead atoms. The first kappa shape index (κ1) is 20.7. The van der Waals surface area contributed by atoms with Gasteiger partial charge in [0.2, 0.25) is 0 Å². The van der Waals surface area contributed by atoms with Crippen LogP contribution in [0.5, 0.6) is 0 Å². The molecule has 10 nitrogen and oxygen atoms in total. The summed E-state index contributed by atoms with van der Waals surface area (Å²) in [6, 6.07) is 5.77. The van der Waals surface area contributed by atoms with Gasteiger partial charge in [0, 0.05) is 23.8 Å². The third-order valence-electron chi connectivity index (χ3n) is 8.00. The maximum Gasteiger partial charge on any atom is 0.293 e. The molecule has 35 heavy (non-hydrogen) atoms. The van der Waals surface area contributed by atoms with Crippen molar-refractivity contribution >= 4 is 22.6 Å². The molecule has 10 heteroatoms. The number of nitrogens with one attached hydrogen (secondary N) is 3. The van der Waals surface area contributed by atoms with Crippen LogP contribution < -0.4 is 10.6 Å². The van der Waals surface area contributed by atoms with Crippen molar-refractivity contribution in [1.82, 2.24) is 25.4 Å². The van der Waals surface area contributed by atoms with Crippen LogP contribution in [0.3, 0.4) is 0 Å². The SMILES string of the molecule is O=C(NCc1ccco1)c1noc(-c2cnc3[nH]ccc3c2NC2[C@@H]3CC4C[C@H]2CC(O)(C4)C3)n1. The fourth-order valence-corrected chi connectivity index (χ4v) is 6.79. The molecule has 0 radical (unpaired) electrons. The number of aromatic amines is 1. The van der Waals surface area contributed by atoms with Crippen molar-refractivity contribution in [2.24, 2.45) is 17.8 Å². The molecule has 4 heterocycles. The van der Waals surface area contributed by atoms with E-state index >= 15 is 0 Å². The van der Waals surface area contributed by atoms with Crippen molar-refractivity contribution < 1.29 is 18.8 Å². The molecule has 4 fully saturated rings. The van der Waals surface area contributed by atoms with Crippen molar-refractivity contribution in [3.8, 4) is 11.5 Å². The largest absolute Gasteiger partial charge is 0.467 e. The lowest BCUT2D eigenvalue weighted by molar-refractivity contribution is -0.129. The molecular weight excluding hydrogens is 448 g/mol. The summed E-state index contributed by atoms with van der Waals surface area (Å²) in [5, 5.41) is 22.4. The van der Waals surface area contributed by atoms with Crippen LogP contribution >= 0.6 is 0 Å². The third-order valence-corrected chi connectivity index (χ3v) is 8.00. The minimum atomic E-state index is -0.496. The number of nitrogens with zero attached hydrogens (tertiary/aromatic N) is 3. The molecule has 180 valence electrons. The number of carbonyl (C=O) groups excluding carboxylic acids is 1. The predicted molar refractivity (Wildman–Crippen MR) is 125 cm³/mol. The highest BCUT2D eigenvalue weighted by atomic mass is 16.5. The Hall–Kier alpha value is -3.66. The fourth-order valence-electron chi connectivity index (χ4n) is 6.79. The normalized spacial score (nSPS) is 29.1. The van der Waals surface area contributed by atoms with Gasteiger partial charge in [0.1, 0.15) is 11.4 Å². The molecule has 4 aromatic heterocycles. The monoisotopic (exact) mass is 474 g/mol. The third kappa shape index (κ3) is 3.51. The standard InChI is InChI=1S/C25H26N6O4/c32-23(28-11-16-2-1-5-34-16)22-30-24(35-31-22)18-12-27-21-17(3-4-26-21)20(18)29-19-14-6-13-7-15(19)10-25(33,8-13)9-14/h1-5,12-15,19,33H,6-11H2,(H,28,32)(H2,26,27,29)/t13?,14-,15+,19?,25?. The quantitative estimate of drug-likeness (QED) is 0.333. The Morgan fingerprint density at radius 1 is 1.23 bits per heavy atom. The van der Waals surface area contributed by atoms with Gasteiger partial charge in [-0.25, -0.2) is 4.98 Å². The number of hydrogen-bond donors (Lipinski definition) is 4. The van der Waals surface area contributed by atoms with E-state index in [1.807, 2.05) is 12.3 Å². The summed E-state index contributed by atoms with van der Waals surface area (Å²) < 4.78 is 10.8. The topological polar surface area (TPSA) is 142 Å². The summed E-state index contributed by atoms with van der Waals surface area (Å²) in [6.07, 6.45) is 10.0. The summed E-state index contributed by atoms with van der Waals surface area (Å²) in [7, 11) is 0. The molecule has 4 saturated carbocycles. The first-order chi connectivity index (χ1) is 17.0. The maximum atomic E-state index is 12.6. The van der Waals surface area contributed by atoms with Crippen LogP contribution in [0.25, 0.3) is 22.5 Å². The number of anilines is 1. The number of aromatic nitrogens is 4. The molecule has 0 aromatic carbocycles. The minimum Gasteiger partial charge on any atom is -0.467 e. The van der Waals surface area contributed by atoms with E-state index in [1.165, 1.54) is 0 Å². The van der Waals surface area contributed by atoms with E-state index in [0.717, 1.165) is 48.8 Å². The summed E-state index contributed by atoms with van der Waals surface area (Å²) in [6.45, 7) is 0.233. The Kier molecular flexibility index (Phi) is 4.54. The number of H-pyrrole nitrogens is 1. The Bertz CT molecular complexity index is 1380. The molecule has 1 amide bonds. The van der Waals surface area contributed by atoms with E-state index in [-0.39, 0.29) is 24.3 Å². The van der Waals surface area contributed by atoms with Gasteiger partial charge in [-0.3, -0.25) is 4.79 Å². The Morgan fingerprint density at radius 2 is 2.09 bits per heavy atom. The van der Waals surface area contributed by atoms with E-state index in [1.54, 1.807) is 24.6 Å². The van der Waals surface area contributed by atoms with Crippen molar-refractivity contribution in [1.29, 1.82) is 0 Å². The highest BCUT2D eigenvalue weighted by Crippen LogP contribution is 2.56. The van der Waals surface area contributed by atoms with Crippen LogP contribution in [-0.2, 0) is 6.54 Å². The first-order valence-corrected chi connectivity index (χ1v) is 12.1. The van der Waals surface area contributed by atoms with Gasteiger partial charge in [-0.2, -0.15) is 4.98 Å². The number of pyridine rings is 1. The zero-order chi connectivity index (χ0) is 23.6. The number of aliphatic hydroxyl groups is 1. The average molecular weight is 475 g/mol. The van der Waals surface area contributed by atoms with Crippen LogP contribution in [0.2, 0.25) is 0 Å². The molecule has 0 spiro atoms. The van der Waals surface area contributed by atoms with Gasteiger partial charge in [-0.05, 0) is 68.1 Å². The van der Waals surface area contributed by atoms with Gasteiger partial charge >= 0.3 is 0 Å². The van der Waals surface area contributed by atoms with Gasteiger partial charge in [-0.15, -0.1) is 0 Å². The van der Waals surface area contributed by atoms with Gasteiger partial charge < -0.3 is 29.7 Å². The maximum absolute atomic E-state index is 12.6. The summed E-state index contributed by atoms with van der Waals surface area (Å²) >= 11 is 0. The zero-order valence-corrected chi connectivity index (χ0v) is 19.0. The van der Waals surface area contributed by atoms with Crippen LogP contribution in [0.4, 0.5) is 5.69 Å². The summed E-state index contributed by atoms with van der Waals surface area (Å²) in [5.74, 6) is 1.83. The lowest BCUT2D eigenvalue weighted by atomic mass is 9.52. The number of furan rings is 1. The molecule has 4 aliphatic carbocycles. The predicted octanol–water partition coefficient (Wildman–Crippen LogP) is 3.49. The smallest absolute Gasteiger partial charge is 0.293 e. The lowest BCUT2D eigenvalue weighted by Crippen LogP contribution is -2.59. The van der Waals surface area contributed by atoms with Crippen molar-refractivity contribution in [3.05, 3.63) is 48.4 Å². The van der Waals surface area contributed by atoms with E-state index in [9.17, 15) is 9.90 Å². The fraction of sp³-hybridized carbons (Fsp3) is 0.440. The Labute approximate surface area is 200 Å². The molecule has 4 aliphatic rings. The summed E-state index contributed by atoms with van der Waals surface area (Å²) in [5.41, 5.74) is 1.78. The van der Waals surface area contributed by atoms with E-state index in [4.69, 9.17) is 8.94 Å².